The Morgan fingerprint density at radius 3 is 2.38 bits per heavy atom. The Labute approximate surface area is 99.7 Å². The molecule has 2 heteroatoms. The van der Waals surface area contributed by atoms with Crippen LogP contribution in [-0.2, 0) is 0 Å². The highest BCUT2D eigenvalue weighted by molar-refractivity contribution is 6.31. The van der Waals surface area contributed by atoms with Crippen molar-refractivity contribution in [3.8, 4) is 11.1 Å². The van der Waals surface area contributed by atoms with Gasteiger partial charge in [-0.15, -0.1) is 0 Å². The Morgan fingerprint density at radius 2 is 1.75 bits per heavy atom. The topological polar surface area (TPSA) is 0 Å². The van der Waals surface area contributed by atoms with Gasteiger partial charge in [0.15, 0.2) is 0 Å². The monoisotopic (exact) mass is 234 g/mol. The Morgan fingerprint density at radius 1 is 1.00 bits per heavy atom. The van der Waals surface area contributed by atoms with E-state index < -0.39 is 0 Å². The fourth-order valence-corrected chi connectivity index (χ4v) is 1.98. The predicted octanol–water partition coefficient (Wildman–Crippen LogP) is 4.76. The molecule has 82 valence electrons. The lowest BCUT2D eigenvalue weighted by Gasteiger charge is -2.07. The standard InChI is InChI=1S/C14H12ClF/c1-9-3-5-12(10(2)7-9)11-4-6-14(16)13(15)8-11/h3-8H,1-2H3. The van der Waals surface area contributed by atoms with Crippen LogP contribution in [-0.4, -0.2) is 0 Å². The Kier molecular flexibility index (Phi) is 2.97. The molecule has 2 aromatic rings. The van der Waals surface area contributed by atoms with E-state index in [1.165, 1.54) is 17.2 Å². The van der Waals surface area contributed by atoms with Gasteiger partial charge in [-0.1, -0.05) is 41.4 Å². The first-order valence-corrected chi connectivity index (χ1v) is 5.48. The molecule has 0 bridgehead atoms. The summed E-state index contributed by atoms with van der Waals surface area (Å²) < 4.78 is 13.0. The second-order valence-electron chi connectivity index (χ2n) is 3.95. The van der Waals surface area contributed by atoms with Crippen molar-refractivity contribution in [2.75, 3.05) is 0 Å². The van der Waals surface area contributed by atoms with Gasteiger partial charge in [-0.25, -0.2) is 4.39 Å². The molecule has 0 fully saturated rings. The summed E-state index contributed by atoms with van der Waals surface area (Å²) in [4.78, 5) is 0. The minimum absolute atomic E-state index is 0.164. The molecule has 0 aliphatic carbocycles. The van der Waals surface area contributed by atoms with Crippen molar-refractivity contribution in [2.45, 2.75) is 13.8 Å². The van der Waals surface area contributed by atoms with Gasteiger partial charge in [0.1, 0.15) is 5.82 Å². The lowest BCUT2D eigenvalue weighted by atomic mass is 9.99. The van der Waals surface area contributed by atoms with Crippen molar-refractivity contribution in [3.63, 3.8) is 0 Å². The minimum atomic E-state index is -0.379. The zero-order valence-corrected chi connectivity index (χ0v) is 9.98. The van der Waals surface area contributed by atoms with E-state index in [1.54, 1.807) is 12.1 Å². The third-order valence-corrected chi connectivity index (χ3v) is 2.90. The molecule has 0 N–H and O–H groups in total. The molecule has 2 aromatic carbocycles. The molecule has 0 nitrogen and oxygen atoms in total. The van der Waals surface area contributed by atoms with E-state index in [-0.39, 0.29) is 10.8 Å². The van der Waals surface area contributed by atoms with Crippen LogP contribution < -0.4 is 0 Å². The van der Waals surface area contributed by atoms with Crippen molar-refractivity contribution in [2.24, 2.45) is 0 Å². The molecule has 0 unspecified atom stereocenters. The maximum absolute atomic E-state index is 13.0. The Balaban J connectivity index is 2.54. The first kappa shape index (κ1) is 11.2. The van der Waals surface area contributed by atoms with E-state index >= 15 is 0 Å². The third-order valence-electron chi connectivity index (χ3n) is 2.61. The quantitative estimate of drug-likeness (QED) is 0.667. The number of aryl methyl sites for hydroxylation is 2. The largest absolute Gasteiger partial charge is 0.205 e. The summed E-state index contributed by atoms with van der Waals surface area (Å²) in [5.74, 6) is -0.379. The molecule has 0 spiro atoms. The first-order valence-electron chi connectivity index (χ1n) is 5.10. The van der Waals surface area contributed by atoms with Gasteiger partial charge in [-0.2, -0.15) is 0 Å². The van der Waals surface area contributed by atoms with Gasteiger partial charge < -0.3 is 0 Å². The van der Waals surface area contributed by atoms with Crippen LogP contribution in [0.5, 0.6) is 0 Å². The summed E-state index contributed by atoms with van der Waals surface area (Å²) in [5, 5.41) is 0.164. The molecule has 0 atom stereocenters. The Hall–Kier alpha value is -1.34. The van der Waals surface area contributed by atoms with Gasteiger partial charge in [-0.05, 0) is 42.7 Å². The highest BCUT2D eigenvalue weighted by atomic mass is 35.5. The molecule has 0 saturated heterocycles. The van der Waals surface area contributed by atoms with Crippen LogP contribution in [0.4, 0.5) is 4.39 Å². The average Bonchev–Trinajstić information content (AvgIpc) is 2.22. The number of benzene rings is 2. The van der Waals surface area contributed by atoms with Crippen molar-refractivity contribution in [3.05, 3.63) is 58.4 Å². The van der Waals surface area contributed by atoms with E-state index in [9.17, 15) is 4.39 Å². The zero-order chi connectivity index (χ0) is 11.7. The fourth-order valence-electron chi connectivity index (χ4n) is 1.80. The van der Waals surface area contributed by atoms with Gasteiger partial charge in [-0.3, -0.25) is 0 Å². The summed E-state index contributed by atoms with van der Waals surface area (Å²) in [5.41, 5.74) is 4.42. The normalized spacial score (nSPS) is 10.5. The highest BCUT2D eigenvalue weighted by Crippen LogP contribution is 2.27. The maximum atomic E-state index is 13.0. The molecule has 0 heterocycles. The van der Waals surface area contributed by atoms with Gasteiger partial charge in [0.2, 0.25) is 0 Å². The van der Waals surface area contributed by atoms with Gasteiger partial charge >= 0.3 is 0 Å². The van der Waals surface area contributed by atoms with Gasteiger partial charge in [0.25, 0.3) is 0 Å². The molecule has 0 saturated carbocycles. The molecule has 2 rings (SSSR count). The summed E-state index contributed by atoms with van der Waals surface area (Å²) in [6, 6.07) is 11.0. The molecular weight excluding hydrogens is 223 g/mol. The van der Waals surface area contributed by atoms with Crippen LogP contribution >= 0.6 is 11.6 Å². The number of halogens is 2. The van der Waals surface area contributed by atoms with Crippen LogP contribution in [0.3, 0.4) is 0 Å². The van der Waals surface area contributed by atoms with Crippen LogP contribution in [0.15, 0.2) is 36.4 Å². The van der Waals surface area contributed by atoms with Crippen molar-refractivity contribution >= 4 is 11.6 Å². The van der Waals surface area contributed by atoms with Crippen LogP contribution in [0.1, 0.15) is 11.1 Å². The highest BCUT2D eigenvalue weighted by Gasteiger charge is 2.05. The molecule has 0 amide bonds. The third kappa shape index (κ3) is 2.10. The van der Waals surface area contributed by atoms with E-state index in [1.807, 2.05) is 19.1 Å². The lowest BCUT2D eigenvalue weighted by Crippen LogP contribution is -1.86. The second-order valence-corrected chi connectivity index (χ2v) is 4.35. The number of hydrogen-bond acceptors (Lipinski definition) is 0. The molecule has 0 aliphatic heterocycles. The average molecular weight is 235 g/mol. The fraction of sp³-hybridized carbons (Fsp3) is 0.143. The SMILES string of the molecule is Cc1ccc(-c2ccc(F)c(Cl)c2)c(C)c1. The number of hydrogen-bond donors (Lipinski definition) is 0. The summed E-state index contributed by atoms with van der Waals surface area (Å²) in [6.07, 6.45) is 0. The molecule has 0 aromatic heterocycles. The molecular formula is C14H12ClF. The molecule has 0 radical (unpaired) electrons. The first-order chi connectivity index (χ1) is 7.58. The maximum Gasteiger partial charge on any atom is 0.141 e. The van der Waals surface area contributed by atoms with Crippen LogP contribution in [0.25, 0.3) is 11.1 Å². The van der Waals surface area contributed by atoms with Crippen molar-refractivity contribution in [1.82, 2.24) is 0 Å². The zero-order valence-electron chi connectivity index (χ0n) is 9.22. The smallest absolute Gasteiger partial charge is 0.141 e. The van der Waals surface area contributed by atoms with E-state index in [0.717, 1.165) is 11.1 Å². The van der Waals surface area contributed by atoms with Crippen LogP contribution in [0, 0.1) is 19.7 Å². The number of rotatable bonds is 1. The molecule has 16 heavy (non-hydrogen) atoms. The van der Waals surface area contributed by atoms with E-state index in [2.05, 4.69) is 13.0 Å². The summed E-state index contributed by atoms with van der Waals surface area (Å²) >= 11 is 5.77. The van der Waals surface area contributed by atoms with E-state index in [0.29, 0.717) is 0 Å². The van der Waals surface area contributed by atoms with Gasteiger partial charge in [0.05, 0.1) is 5.02 Å². The van der Waals surface area contributed by atoms with E-state index in [4.69, 9.17) is 11.6 Å². The predicted molar refractivity (Wildman–Crippen MR) is 66.3 cm³/mol. The van der Waals surface area contributed by atoms with Crippen molar-refractivity contribution in [1.29, 1.82) is 0 Å². The van der Waals surface area contributed by atoms with Gasteiger partial charge in [0, 0.05) is 0 Å². The summed E-state index contributed by atoms with van der Waals surface area (Å²) in [7, 11) is 0. The summed E-state index contributed by atoms with van der Waals surface area (Å²) in [6.45, 7) is 4.09. The van der Waals surface area contributed by atoms with Crippen LogP contribution in [0.2, 0.25) is 5.02 Å². The lowest BCUT2D eigenvalue weighted by molar-refractivity contribution is 0.628. The minimum Gasteiger partial charge on any atom is -0.205 e. The van der Waals surface area contributed by atoms with Crippen molar-refractivity contribution < 1.29 is 4.39 Å². The molecule has 0 aliphatic rings. The second kappa shape index (κ2) is 4.26. The Bertz CT molecular complexity index is 532.